The molecule has 0 aliphatic rings. The number of carbonyl (C=O) groups excluding carboxylic acids is 1. The normalized spacial score (nSPS) is 14.9. The largest absolute Gasteiger partial charge is 0.352 e. The van der Waals surface area contributed by atoms with Gasteiger partial charge in [-0.15, -0.1) is 0 Å². The molecule has 0 rings (SSSR count). The van der Waals surface area contributed by atoms with Gasteiger partial charge in [0.1, 0.15) is 9.84 Å². The molecule has 0 heterocycles. The highest BCUT2D eigenvalue weighted by atomic mass is 32.2. The molecule has 0 aromatic carbocycles. The summed E-state index contributed by atoms with van der Waals surface area (Å²) in [7, 11) is -3.07. The molecule has 1 amide bonds. The van der Waals surface area contributed by atoms with Gasteiger partial charge in [0.25, 0.3) is 0 Å². The highest BCUT2D eigenvalue weighted by molar-refractivity contribution is 7.90. The molecule has 0 saturated carbocycles. The average Bonchev–Trinajstić information content (AvgIpc) is 1.98. The zero-order chi connectivity index (χ0) is 13.1. The van der Waals surface area contributed by atoms with E-state index in [4.69, 9.17) is 0 Å². The minimum absolute atomic E-state index is 0.00745. The summed E-state index contributed by atoms with van der Waals surface area (Å²) in [6.45, 7) is 9.22. The van der Waals surface area contributed by atoms with Gasteiger partial charge in [-0.3, -0.25) is 4.79 Å². The molecule has 0 aromatic rings. The maximum absolute atomic E-state index is 11.8. The average molecular weight is 249 g/mol. The molecule has 5 heteroatoms. The van der Waals surface area contributed by atoms with E-state index >= 15 is 0 Å². The van der Waals surface area contributed by atoms with E-state index in [1.807, 2.05) is 13.8 Å². The van der Waals surface area contributed by atoms with E-state index in [1.165, 1.54) is 6.26 Å². The minimum atomic E-state index is -3.07. The molecule has 0 aromatic heterocycles. The van der Waals surface area contributed by atoms with Gasteiger partial charge < -0.3 is 5.32 Å². The van der Waals surface area contributed by atoms with Gasteiger partial charge in [0.05, 0.1) is 5.75 Å². The number of rotatable bonds is 4. The number of sulfone groups is 1. The predicted octanol–water partition coefficient (Wildman–Crippen LogP) is 1.22. The Hall–Kier alpha value is -0.580. The summed E-state index contributed by atoms with van der Waals surface area (Å²) in [5.41, 5.74) is -0.495. The lowest BCUT2D eigenvalue weighted by Crippen LogP contribution is -2.47. The van der Waals surface area contributed by atoms with Gasteiger partial charge in [-0.2, -0.15) is 0 Å². The maximum atomic E-state index is 11.8. The maximum Gasteiger partial charge on any atom is 0.225 e. The number of carbonyl (C=O) groups is 1. The van der Waals surface area contributed by atoms with Crippen LogP contribution >= 0.6 is 0 Å². The highest BCUT2D eigenvalue weighted by Gasteiger charge is 2.27. The third kappa shape index (κ3) is 6.10. The molecule has 1 N–H and O–H groups in total. The van der Waals surface area contributed by atoms with Gasteiger partial charge in [-0.05, 0) is 5.92 Å². The van der Waals surface area contributed by atoms with Crippen molar-refractivity contribution >= 4 is 15.7 Å². The standard InChI is InChI=1S/C11H23NO3S/c1-8(2)9(7-16(6,14)15)12-10(13)11(3,4)5/h8-9H,7H2,1-6H3,(H,12,13). The molecule has 0 fully saturated rings. The van der Waals surface area contributed by atoms with Crippen LogP contribution in [0.2, 0.25) is 0 Å². The van der Waals surface area contributed by atoms with Crippen LogP contribution in [0.25, 0.3) is 0 Å². The van der Waals surface area contributed by atoms with Crippen LogP contribution in [0.15, 0.2) is 0 Å². The van der Waals surface area contributed by atoms with Crippen molar-refractivity contribution in [1.82, 2.24) is 5.32 Å². The lowest BCUT2D eigenvalue weighted by molar-refractivity contribution is -0.129. The summed E-state index contributed by atoms with van der Waals surface area (Å²) in [6, 6.07) is -0.318. The number of hydrogen-bond acceptors (Lipinski definition) is 3. The zero-order valence-corrected chi connectivity index (χ0v) is 11.8. The molecule has 0 bridgehead atoms. The van der Waals surface area contributed by atoms with E-state index in [-0.39, 0.29) is 23.6 Å². The molecule has 1 atom stereocenters. The Balaban J connectivity index is 4.66. The van der Waals surface area contributed by atoms with Crippen LogP contribution in [0, 0.1) is 11.3 Å². The van der Waals surface area contributed by atoms with Crippen LogP contribution in [0.4, 0.5) is 0 Å². The second-order valence-corrected chi connectivity index (χ2v) is 7.85. The highest BCUT2D eigenvalue weighted by Crippen LogP contribution is 2.14. The van der Waals surface area contributed by atoms with Gasteiger partial charge in [-0.25, -0.2) is 8.42 Å². The molecule has 1 unspecified atom stereocenters. The summed E-state index contributed by atoms with van der Waals surface area (Å²) < 4.78 is 22.5. The van der Waals surface area contributed by atoms with Crippen LogP contribution in [0.5, 0.6) is 0 Å². The first-order valence-corrected chi connectivity index (χ1v) is 7.48. The van der Waals surface area contributed by atoms with Crippen molar-refractivity contribution in [3.8, 4) is 0 Å². The Kier molecular flexibility index (Phi) is 4.98. The second-order valence-electron chi connectivity index (χ2n) is 5.67. The SMILES string of the molecule is CC(C)C(CS(C)(=O)=O)NC(=O)C(C)(C)C. The van der Waals surface area contributed by atoms with Crippen LogP contribution in [-0.4, -0.2) is 32.4 Å². The third-order valence-electron chi connectivity index (χ3n) is 2.28. The molecule has 4 nitrogen and oxygen atoms in total. The summed E-state index contributed by atoms with van der Waals surface area (Å²) >= 11 is 0. The molecule has 0 aliphatic carbocycles. The van der Waals surface area contributed by atoms with E-state index in [0.717, 1.165) is 0 Å². The third-order valence-corrected chi connectivity index (χ3v) is 3.25. The summed E-state index contributed by atoms with van der Waals surface area (Å²) in [4.78, 5) is 11.8. The molecule has 96 valence electrons. The number of nitrogens with one attached hydrogen (secondary N) is 1. The van der Waals surface area contributed by atoms with E-state index in [9.17, 15) is 13.2 Å². The molecule has 0 spiro atoms. The Morgan fingerprint density at radius 3 is 1.94 bits per heavy atom. The fraction of sp³-hybridized carbons (Fsp3) is 0.909. The van der Waals surface area contributed by atoms with E-state index in [2.05, 4.69) is 5.32 Å². The first kappa shape index (κ1) is 15.4. The Morgan fingerprint density at radius 1 is 1.25 bits per heavy atom. The molecule has 0 saturated heterocycles. The van der Waals surface area contributed by atoms with Gasteiger partial charge in [0.2, 0.25) is 5.91 Å². The van der Waals surface area contributed by atoms with Crippen molar-refractivity contribution in [2.75, 3.05) is 12.0 Å². The van der Waals surface area contributed by atoms with Crippen molar-refractivity contribution in [3.05, 3.63) is 0 Å². The van der Waals surface area contributed by atoms with Crippen molar-refractivity contribution in [3.63, 3.8) is 0 Å². The van der Waals surface area contributed by atoms with Crippen molar-refractivity contribution in [2.45, 2.75) is 40.7 Å². The Morgan fingerprint density at radius 2 is 1.69 bits per heavy atom. The Bertz CT molecular complexity index is 339. The molecule has 0 radical (unpaired) electrons. The number of hydrogen-bond donors (Lipinski definition) is 1. The fourth-order valence-corrected chi connectivity index (χ4v) is 2.23. The summed E-state index contributed by atoms with van der Waals surface area (Å²) in [6.07, 6.45) is 1.19. The van der Waals surface area contributed by atoms with Crippen LogP contribution in [0.3, 0.4) is 0 Å². The van der Waals surface area contributed by atoms with Crippen molar-refractivity contribution in [2.24, 2.45) is 11.3 Å². The fourth-order valence-electron chi connectivity index (χ4n) is 1.11. The first-order chi connectivity index (χ1) is 6.93. The summed E-state index contributed by atoms with van der Waals surface area (Å²) in [5.74, 6) is -0.0252. The van der Waals surface area contributed by atoms with Crippen molar-refractivity contribution < 1.29 is 13.2 Å². The molecular formula is C11H23NO3S. The van der Waals surface area contributed by atoms with Gasteiger partial charge in [-0.1, -0.05) is 34.6 Å². The van der Waals surface area contributed by atoms with Gasteiger partial charge in [0.15, 0.2) is 0 Å². The van der Waals surface area contributed by atoms with E-state index in [1.54, 1.807) is 20.8 Å². The van der Waals surface area contributed by atoms with Crippen LogP contribution < -0.4 is 5.32 Å². The monoisotopic (exact) mass is 249 g/mol. The predicted molar refractivity (Wildman–Crippen MR) is 65.9 cm³/mol. The molecule has 0 aliphatic heterocycles. The lowest BCUT2D eigenvalue weighted by Gasteiger charge is -2.26. The molecular weight excluding hydrogens is 226 g/mol. The van der Waals surface area contributed by atoms with E-state index < -0.39 is 15.3 Å². The van der Waals surface area contributed by atoms with Crippen LogP contribution in [-0.2, 0) is 14.6 Å². The molecule has 16 heavy (non-hydrogen) atoms. The minimum Gasteiger partial charge on any atom is -0.352 e. The Labute approximate surface area is 98.7 Å². The quantitative estimate of drug-likeness (QED) is 0.814. The second kappa shape index (κ2) is 5.17. The van der Waals surface area contributed by atoms with Crippen LogP contribution in [0.1, 0.15) is 34.6 Å². The number of amides is 1. The first-order valence-electron chi connectivity index (χ1n) is 5.42. The summed E-state index contributed by atoms with van der Waals surface area (Å²) in [5, 5.41) is 2.79. The smallest absolute Gasteiger partial charge is 0.225 e. The van der Waals surface area contributed by atoms with Crippen molar-refractivity contribution in [1.29, 1.82) is 0 Å². The zero-order valence-electron chi connectivity index (χ0n) is 11.0. The van der Waals surface area contributed by atoms with Gasteiger partial charge >= 0.3 is 0 Å². The lowest BCUT2D eigenvalue weighted by atomic mass is 9.94. The van der Waals surface area contributed by atoms with E-state index in [0.29, 0.717) is 0 Å². The topological polar surface area (TPSA) is 63.2 Å². The van der Waals surface area contributed by atoms with Gasteiger partial charge in [0, 0.05) is 17.7 Å².